The van der Waals surface area contributed by atoms with Crippen LogP contribution in [0.15, 0.2) is 42.5 Å². The molecule has 0 spiro atoms. The van der Waals surface area contributed by atoms with Crippen molar-refractivity contribution in [1.29, 1.82) is 0 Å². The maximum Gasteiger partial charge on any atom is 0.252 e. The molecule has 2 aliphatic heterocycles. The molecule has 7 rings (SSSR count). The number of amides is 1. The summed E-state index contributed by atoms with van der Waals surface area (Å²) in [5.74, 6) is -0.0319. The molecule has 0 saturated carbocycles. The molecular weight excluding hydrogens is 422 g/mol. The zero-order valence-electron chi connectivity index (χ0n) is 17.2. The van der Waals surface area contributed by atoms with Crippen molar-refractivity contribution in [3.63, 3.8) is 0 Å². The van der Waals surface area contributed by atoms with Gasteiger partial charge in [-0.1, -0.05) is 42.5 Å². The van der Waals surface area contributed by atoms with E-state index in [9.17, 15) is 9.90 Å². The number of aromatic nitrogens is 2. The van der Waals surface area contributed by atoms with Crippen LogP contribution in [0, 0.1) is 0 Å². The number of fused-ring (bicyclic) bond motifs is 9. The number of nitrogens with zero attached hydrogens (tertiary/aromatic N) is 2. The molecule has 0 fully saturated rings. The Bertz CT molecular complexity index is 1540. The van der Waals surface area contributed by atoms with Crippen LogP contribution in [0.2, 0.25) is 0 Å². The minimum absolute atomic E-state index is 0.00992. The minimum Gasteiger partial charge on any atom is -0.394 e. The summed E-state index contributed by atoms with van der Waals surface area (Å²) in [4.78, 5) is 13.2. The highest BCUT2D eigenvalue weighted by molar-refractivity contribution is 7.75. The highest BCUT2D eigenvalue weighted by Gasteiger charge is 2.38. The molecule has 32 heavy (non-hydrogen) atoms. The van der Waals surface area contributed by atoms with Crippen LogP contribution in [0.5, 0.6) is 0 Å². The maximum atomic E-state index is 13.2. The van der Waals surface area contributed by atoms with Gasteiger partial charge >= 0.3 is 0 Å². The predicted molar refractivity (Wildman–Crippen MR) is 128 cm³/mol. The highest BCUT2D eigenvalue weighted by Crippen LogP contribution is 2.49. The Kier molecular flexibility index (Phi) is 3.78. The minimum atomic E-state index is -0.369. The highest BCUT2D eigenvalue weighted by atomic mass is 32.1. The van der Waals surface area contributed by atoms with Gasteiger partial charge in [0.25, 0.3) is 5.91 Å². The van der Waals surface area contributed by atoms with Gasteiger partial charge in [0.1, 0.15) is 6.23 Å². The molecule has 2 atom stereocenters. The fourth-order valence-corrected chi connectivity index (χ4v) is 6.27. The normalized spacial score (nSPS) is 21.4. The molecule has 1 amide bonds. The van der Waals surface area contributed by atoms with Crippen LogP contribution in [0.1, 0.15) is 45.9 Å². The summed E-state index contributed by atoms with van der Waals surface area (Å²) >= 11 is 4.25. The first-order valence-electron chi connectivity index (χ1n) is 10.9. The van der Waals surface area contributed by atoms with Crippen LogP contribution in [0.25, 0.3) is 38.8 Å². The first-order valence-corrected chi connectivity index (χ1v) is 11.3. The van der Waals surface area contributed by atoms with Gasteiger partial charge < -0.3 is 19.6 Å². The third-order valence-corrected chi connectivity index (χ3v) is 7.51. The van der Waals surface area contributed by atoms with E-state index in [1.807, 2.05) is 24.3 Å². The molecule has 1 aliphatic carbocycles. The summed E-state index contributed by atoms with van der Waals surface area (Å²) in [6.07, 6.45) is 9.23. The quantitative estimate of drug-likeness (QED) is 0.317. The Labute approximate surface area is 189 Å². The molecule has 0 saturated heterocycles. The van der Waals surface area contributed by atoms with Crippen LogP contribution in [-0.2, 0) is 17.1 Å². The molecular formula is C25H21N3O3S. The largest absolute Gasteiger partial charge is 0.394 e. The van der Waals surface area contributed by atoms with Crippen LogP contribution < -0.4 is 5.32 Å². The smallest absolute Gasteiger partial charge is 0.252 e. The van der Waals surface area contributed by atoms with Gasteiger partial charge in [0.05, 0.1) is 29.2 Å². The van der Waals surface area contributed by atoms with Gasteiger partial charge in [-0.3, -0.25) is 8.98 Å². The second-order valence-corrected chi connectivity index (χ2v) is 8.94. The Morgan fingerprint density at radius 2 is 2.00 bits per heavy atom. The number of aliphatic hydroxyl groups is 1. The lowest BCUT2D eigenvalue weighted by molar-refractivity contribution is 0.0967. The van der Waals surface area contributed by atoms with Gasteiger partial charge in [-0.2, -0.15) is 0 Å². The molecule has 2 aromatic carbocycles. The summed E-state index contributed by atoms with van der Waals surface area (Å²) in [5.41, 5.74) is 7.09. The van der Waals surface area contributed by atoms with Crippen molar-refractivity contribution in [1.82, 2.24) is 14.5 Å². The predicted octanol–water partition coefficient (Wildman–Crippen LogP) is 4.42. The van der Waals surface area contributed by atoms with Crippen LogP contribution in [0.4, 0.5) is 0 Å². The van der Waals surface area contributed by atoms with Gasteiger partial charge in [0.2, 0.25) is 0 Å². The van der Waals surface area contributed by atoms with E-state index in [2.05, 4.69) is 51.6 Å². The molecule has 1 unspecified atom stereocenters. The van der Waals surface area contributed by atoms with E-state index in [0.717, 1.165) is 61.5 Å². The van der Waals surface area contributed by atoms with Crippen LogP contribution >= 0.6 is 12.9 Å². The molecule has 3 aliphatic rings. The van der Waals surface area contributed by atoms with E-state index >= 15 is 0 Å². The van der Waals surface area contributed by atoms with Crippen molar-refractivity contribution in [2.45, 2.75) is 31.7 Å². The number of hydrogen-bond donors (Lipinski definition) is 3. The average molecular weight is 444 g/mol. The zero-order valence-corrected chi connectivity index (χ0v) is 18.1. The summed E-state index contributed by atoms with van der Waals surface area (Å²) < 4.78 is 10.2. The molecule has 160 valence electrons. The summed E-state index contributed by atoms with van der Waals surface area (Å²) in [6, 6.07) is 8.11. The van der Waals surface area contributed by atoms with E-state index in [-0.39, 0.29) is 24.8 Å². The molecule has 2 aromatic heterocycles. The Morgan fingerprint density at radius 3 is 2.84 bits per heavy atom. The van der Waals surface area contributed by atoms with Gasteiger partial charge in [0.15, 0.2) is 0 Å². The van der Waals surface area contributed by atoms with E-state index in [0.29, 0.717) is 13.0 Å². The average Bonchev–Trinajstić information content (AvgIpc) is 3.33. The van der Waals surface area contributed by atoms with Crippen molar-refractivity contribution in [2.24, 2.45) is 0 Å². The Balaban J connectivity index is 1.83. The zero-order chi connectivity index (χ0) is 21.6. The van der Waals surface area contributed by atoms with E-state index in [4.69, 9.17) is 4.18 Å². The number of thiol groups is 1. The maximum absolute atomic E-state index is 13.2. The van der Waals surface area contributed by atoms with E-state index in [1.54, 1.807) is 0 Å². The lowest BCUT2D eigenvalue weighted by Crippen LogP contribution is -2.18. The molecule has 2 N–H and O–H groups in total. The first-order chi connectivity index (χ1) is 15.7. The van der Waals surface area contributed by atoms with Gasteiger partial charge in [-0.15, -0.1) is 0 Å². The lowest BCUT2D eigenvalue weighted by atomic mass is 9.96. The molecule has 0 radical (unpaired) electrons. The summed E-state index contributed by atoms with van der Waals surface area (Å²) in [7, 11) is 0. The Morgan fingerprint density at radius 1 is 1.16 bits per heavy atom. The van der Waals surface area contributed by atoms with Crippen molar-refractivity contribution < 1.29 is 14.1 Å². The topological polar surface area (TPSA) is 68.4 Å². The molecule has 4 heterocycles. The summed E-state index contributed by atoms with van der Waals surface area (Å²) in [6.45, 7) is 0.497. The Hall–Kier alpha value is -3.00. The van der Waals surface area contributed by atoms with Gasteiger partial charge in [-0.05, 0) is 24.5 Å². The number of hydrogen-bond acceptors (Lipinski definition) is 4. The second-order valence-electron chi connectivity index (χ2n) is 8.72. The molecule has 0 bridgehead atoms. The number of allylic oxidation sites excluding steroid dienone is 3. The number of benzene rings is 2. The van der Waals surface area contributed by atoms with Crippen LogP contribution in [-0.4, -0.2) is 26.8 Å². The van der Waals surface area contributed by atoms with Crippen molar-refractivity contribution in [3.8, 4) is 0 Å². The van der Waals surface area contributed by atoms with Crippen molar-refractivity contribution in [3.05, 3.63) is 64.9 Å². The molecule has 4 aromatic rings. The van der Waals surface area contributed by atoms with Crippen LogP contribution in [0.3, 0.4) is 0 Å². The fraction of sp³-hybridized carbons (Fsp3) is 0.240. The van der Waals surface area contributed by atoms with E-state index < -0.39 is 0 Å². The number of carbonyl (C=O) groups is 1. The second kappa shape index (κ2) is 6.51. The van der Waals surface area contributed by atoms with Gasteiger partial charge in [-0.25, -0.2) is 0 Å². The fourth-order valence-electron chi connectivity index (χ4n) is 6.09. The van der Waals surface area contributed by atoms with Crippen molar-refractivity contribution in [2.75, 3.05) is 6.61 Å². The molecule has 7 heteroatoms. The third-order valence-electron chi connectivity index (χ3n) is 7.27. The van der Waals surface area contributed by atoms with Crippen molar-refractivity contribution >= 4 is 57.6 Å². The van der Waals surface area contributed by atoms with E-state index in [1.165, 1.54) is 0 Å². The summed E-state index contributed by atoms with van der Waals surface area (Å²) in [5, 5.41) is 16.7. The lowest BCUT2D eigenvalue weighted by Gasteiger charge is -2.23. The number of nitrogens with one attached hydrogen (secondary N) is 1. The number of rotatable bonds is 2. The SMILES string of the molecule is O=C1NCc2c1c1c3c(n4c1c1c2c2ccccc2n1C(CO)C[C@@H]4OS)CC=CC=C3. The number of para-hydroxylation sites is 1. The molecule has 6 nitrogen and oxygen atoms in total. The standard InChI is InChI=1S/C25H21N3O3S/c29-12-13-10-19(31-32)28-18-8-3-1-2-6-15(18)21-22-16(11-26-25(22)30)20-14-7-4-5-9-17(14)27(13)23(20)24(21)28/h1-7,9,13,19,29,32H,8,10-12H2,(H,26,30)/t13?,19-/m0/s1. The monoisotopic (exact) mass is 443 g/mol. The number of aliphatic hydroxyl groups excluding tert-OH is 1. The van der Waals surface area contributed by atoms with Gasteiger partial charge in [0, 0.05) is 52.3 Å². The third kappa shape index (κ3) is 2.11. The number of carbonyl (C=O) groups excluding carboxylic acids is 1. The first kappa shape index (κ1) is 18.6.